The minimum absolute atomic E-state index is 0.183. The highest BCUT2D eigenvalue weighted by Gasteiger charge is 2.39. The van der Waals surface area contributed by atoms with Crippen molar-refractivity contribution >= 4 is 17.5 Å². The summed E-state index contributed by atoms with van der Waals surface area (Å²) in [5.74, 6) is -0.420. The maximum atomic E-state index is 12.4. The van der Waals surface area contributed by atoms with Crippen LogP contribution in [0.25, 0.3) is 0 Å². The summed E-state index contributed by atoms with van der Waals surface area (Å²) in [7, 11) is 1.71. The van der Waals surface area contributed by atoms with Crippen LogP contribution in [0.2, 0.25) is 0 Å². The van der Waals surface area contributed by atoms with E-state index in [1.807, 2.05) is 12.1 Å². The van der Waals surface area contributed by atoms with Crippen LogP contribution in [0.4, 0.5) is 5.69 Å². The van der Waals surface area contributed by atoms with Gasteiger partial charge in [0.2, 0.25) is 5.91 Å². The van der Waals surface area contributed by atoms with Crippen molar-refractivity contribution in [2.75, 3.05) is 11.9 Å². The van der Waals surface area contributed by atoms with Gasteiger partial charge in [-0.05, 0) is 38.1 Å². The normalized spacial score (nSPS) is 14.7. The topological polar surface area (TPSA) is 75.4 Å². The van der Waals surface area contributed by atoms with E-state index in [9.17, 15) is 9.59 Å². The summed E-state index contributed by atoms with van der Waals surface area (Å²) >= 11 is 0. The smallest absolute Gasteiger partial charge is 0.253 e. The Bertz CT molecular complexity index is 537. The van der Waals surface area contributed by atoms with Crippen LogP contribution in [0.3, 0.4) is 0 Å². The van der Waals surface area contributed by atoms with Crippen LogP contribution in [0.15, 0.2) is 18.2 Å². The fourth-order valence-corrected chi connectivity index (χ4v) is 2.11. The number of benzene rings is 1. The number of hydrogen-bond donors (Lipinski definition) is 2. The van der Waals surface area contributed by atoms with Gasteiger partial charge in [-0.3, -0.25) is 9.59 Å². The number of nitrogens with zero attached hydrogens (tertiary/aromatic N) is 1. The van der Waals surface area contributed by atoms with Gasteiger partial charge in [0.25, 0.3) is 5.91 Å². The molecule has 1 heterocycles. The third-order valence-corrected chi connectivity index (χ3v) is 3.57. The molecule has 0 radical (unpaired) electrons. The van der Waals surface area contributed by atoms with Crippen LogP contribution in [0, 0.1) is 0 Å². The molecule has 0 unspecified atom stereocenters. The van der Waals surface area contributed by atoms with Gasteiger partial charge in [-0.2, -0.15) is 0 Å². The summed E-state index contributed by atoms with van der Waals surface area (Å²) < 4.78 is 0. The Hall–Kier alpha value is -1.72. The second-order valence-corrected chi connectivity index (χ2v) is 5.25. The Labute approximate surface area is 112 Å². The van der Waals surface area contributed by atoms with Crippen molar-refractivity contribution in [1.82, 2.24) is 5.32 Å². The molecule has 0 spiro atoms. The van der Waals surface area contributed by atoms with Gasteiger partial charge < -0.3 is 11.1 Å². The molecular weight excluding hydrogens is 242 g/mol. The molecule has 0 saturated carbocycles. The fraction of sp³-hybridized carbons (Fsp3) is 0.429. The predicted molar refractivity (Wildman–Crippen MR) is 73.7 cm³/mol. The van der Waals surface area contributed by atoms with Gasteiger partial charge in [0.1, 0.15) is 0 Å². The lowest BCUT2D eigenvalue weighted by Gasteiger charge is -2.28. The van der Waals surface area contributed by atoms with Gasteiger partial charge in [0, 0.05) is 6.54 Å². The number of imide groups is 1. The summed E-state index contributed by atoms with van der Waals surface area (Å²) in [6, 6.07) is 5.54. The minimum Gasteiger partial charge on any atom is -0.326 e. The maximum absolute atomic E-state index is 12.4. The van der Waals surface area contributed by atoms with E-state index in [2.05, 4.69) is 5.32 Å². The van der Waals surface area contributed by atoms with Crippen molar-refractivity contribution in [3.05, 3.63) is 29.3 Å². The largest absolute Gasteiger partial charge is 0.326 e. The number of anilines is 1. The Morgan fingerprint density at radius 2 is 2.16 bits per heavy atom. The number of carbonyl (C=O) groups is 2. The number of rotatable bonds is 3. The zero-order chi connectivity index (χ0) is 14.2. The van der Waals surface area contributed by atoms with E-state index < -0.39 is 5.54 Å². The number of nitrogens with one attached hydrogen (secondary N) is 1. The molecule has 19 heavy (non-hydrogen) atoms. The molecule has 0 atom stereocenters. The first-order valence-corrected chi connectivity index (χ1v) is 6.29. The molecule has 1 aromatic rings. The second kappa shape index (κ2) is 4.75. The summed E-state index contributed by atoms with van der Waals surface area (Å²) in [5.41, 5.74) is 7.33. The van der Waals surface area contributed by atoms with Gasteiger partial charge in [-0.1, -0.05) is 12.1 Å². The van der Waals surface area contributed by atoms with Crippen molar-refractivity contribution in [2.24, 2.45) is 5.73 Å². The molecule has 5 nitrogen and oxygen atoms in total. The minimum atomic E-state index is -0.774. The van der Waals surface area contributed by atoms with Gasteiger partial charge >= 0.3 is 0 Å². The molecule has 1 aliphatic rings. The van der Waals surface area contributed by atoms with Gasteiger partial charge in [0.05, 0.1) is 17.6 Å². The van der Waals surface area contributed by atoms with E-state index in [-0.39, 0.29) is 18.2 Å². The summed E-state index contributed by atoms with van der Waals surface area (Å²) in [6.45, 7) is 3.95. The van der Waals surface area contributed by atoms with Crippen LogP contribution in [0.5, 0.6) is 0 Å². The molecule has 0 fully saturated rings. The molecule has 0 aromatic heterocycles. The number of hydrogen-bond acceptors (Lipinski definition) is 4. The first kappa shape index (κ1) is 13.7. The van der Waals surface area contributed by atoms with Gasteiger partial charge in [0.15, 0.2) is 0 Å². The highest BCUT2D eigenvalue weighted by molar-refractivity contribution is 6.21. The van der Waals surface area contributed by atoms with E-state index in [4.69, 9.17) is 5.73 Å². The van der Waals surface area contributed by atoms with E-state index in [1.165, 1.54) is 4.90 Å². The summed E-state index contributed by atoms with van der Waals surface area (Å²) in [6.07, 6.45) is 0.259. The lowest BCUT2D eigenvalue weighted by atomic mass is 10.0. The number of amides is 2. The number of likely N-dealkylation sites (N-methyl/N-ethyl adjacent to an activating group) is 1. The van der Waals surface area contributed by atoms with E-state index in [1.54, 1.807) is 27.0 Å². The van der Waals surface area contributed by atoms with E-state index >= 15 is 0 Å². The van der Waals surface area contributed by atoms with Crippen molar-refractivity contribution in [3.8, 4) is 0 Å². The summed E-state index contributed by atoms with van der Waals surface area (Å²) in [5, 5.41) is 2.93. The molecule has 0 aliphatic carbocycles. The zero-order valence-corrected chi connectivity index (χ0v) is 11.5. The van der Waals surface area contributed by atoms with Gasteiger partial charge in [-0.15, -0.1) is 0 Å². The maximum Gasteiger partial charge on any atom is 0.253 e. The molecule has 1 aromatic carbocycles. The van der Waals surface area contributed by atoms with E-state index in [0.29, 0.717) is 12.2 Å². The highest BCUT2D eigenvalue weighted by atomic mass is 16.2. The van der Waals surface area contributed by atoms with Crippen LogP contribution in [-0.4, -0.2) is 24.4 Å². The fourth-order valence-electron chi connectivity index (χ4n) is 2.11. The quantitative estimate of drug-likeness (QED) is 0.833. The van der Waals surface area contributed by atoms with E-state index in [0.717, 1.165) is 11.1 Å². The monoisotopic (exact) mass is 261 g/mol. The Morgan fingerprint density at radius 3 is 2.74 bits per heavy atom. The van der Waals surface area contributed by atoms with Crippen LogP contribution in [-0.2, 0) is 22.6 Å². The van der Waals surface area contributed by atoms with Crippen LogP contribution < -0.4 is 16.0 Å². The molecule has 0 saturated heterocycles. The number of carbonyl (C=O) groups excluding carboxylic acids is 2. The Kier molecular flexibility index (Phi) is 3.43. The van der Waals surface area contributed by atoms with Crippen LogP contribution in [0.1, 0.15) is 25.0 Å². The lowest BCUT2D eigenvalue weighted by Crippen LogP contribution is -2.53. The van der Waals surface area contributed by atoms with Crippen molar-refractivity contribution in [2.45, 2.75) is 32.4 Å². The first-order valence-electron chi connectivity index (χ1n) is 6.29. The third kappa shape index (κ3) is 2.27. The highest BCUT2D eigenvalue weighted by Crippen LogP contribution is 2.31. The predicted octanol–water partition coefficient (Wildman–Crippen LogP) is 0.559. The van der Waals surface area contributed by atoms with Gasteiger partial charge in [-0.25, -0.2) is 4.90 Å². The van der Waals surface area contributed by atoms with Crippen molar-refractivity contribution in [1.29, 1.82) is 0 Å². The molecule has 1 aliphatic heterocycles. The molecule has 102 valence electrons. The molecular formula is C14H19N3O2. The molecule has 3 N–H and O–H groups in total. The Balaban J connectivity index is 2.41. The van der Waals surface area contributed by atoms with Crippen molar-refractivity contribution in [3.63, 3.8) is 0 Å². The Morgan fingerprint density at radius 1 is 1.47 bits per heavy atom. The third-order valence-electron chi connectivity index (χ3n) is 3.57. The average molecular weight is 261 g/mol. The summed E-state index contributed by atoms with van der Waals surface area (Å²) in [4.78, 5) is 25.8. The second-order valence-electron chi connectivity index (χ2n) is 5.25. The number of fused-ring (bicyclic) bond motifs is 1. The zero-order valence-electron chi connectivity index (χ0n) is 11.5. The number of nitrogens with two attached hydrogens (primary N) is 1. The average Bonchev–Trinajstić information content (AvgIpc) is 2.72. The van der Waals surface area contributed by atoms with Crippen LogP contribution >= 0.6 is 0 Å². The standard InChI is InChI=1S/C14H19N3O2/c1-14(2,16-3)13(19)17-11-5-4-9(8-15)6-10(11)7-12(17)18/h4-6,16H,7-8,15H2,1-3H3. The van der Waals surface area contributed by atoms with Crippen molar-refractivity contribution < 1.29 is 9.59 Å². The molecule has 5 heteroatoms. The molecule has 2 amide bonds. The molecule has 0 bridgehead atoms. The first-order chi connectivity index (χ1) is 8.90. The molecule has 2 rings (SSSR count). The lowest BCUT2D eigenvalue weighted by molar-refractivity contribution is -0.128. The SMILES string of the molecule is CNC(C)(C)C(=O)N1C(=O)Cc2cc(CN)ccc21.